The second-order valence-corrected chi connectivity index (χ2v) is 4.98. The van der Waals surface area contributed by atoms with Gasteiger partial charge in [-0.25, -0.2) is 0 Å². The van der Waals surface area contributed by atoms with Crippen LogP contribution in [0, 0.1) is 6.92 Å². The number of hydrogen-bond acceptors (Lipinski definition) is 2. The van der Waals surface area contributed by atoms with Gasteiger partial charge in [0.2, 0.25) is 0 Å². The Labute approximate surface area is 123 Å². The summed E-state index contributed by atoms with van der Waals surface area (Å²) in [5, 5.41) is 3.18. The highest BCUT2D eigenvalue weighted by atomic mass is 35.5. The quantitative estimate of drug-likeness (QED) is 0.921. The van der Waals surface area contributed by atoms with Crippen LogP contribution in [0.3, 0.4) is 0 Å². The summed E-state index contributed by atoms with van der Waals surface area (Å²) in [6.07, 6.45) is -4.92. The fourth-order valence-corrected chi connectivity index (χ4v) is 2.61. The molecule has 20 heavy (non-hydrogen) atoms. The van der Waals surface area contributed by atoms with E-state index in [1.807, 2.05) is 36.1 Å². The lowest BCUT2D eigenvalue weighted by Gasteiger charge is -2.36. The highest BCUT2D eigenvalue weighted by molar-refractivity contribution is 5.85. The normalized spacial score (nSPS) is 18.4. The molecule has 2 nitrogen and oxygen atoms in total. The first-order chi connectivity index (χ1) is 8.97. The standard InChI is InChI=1S/C14H19F3N2.ClH/c1-11-4-2-3-5-12(11)13(10-14(15,16)17)19-8-6-18-7-9-19;/h2-5,13,18H,6-10H2,1H3;1H/t13-;/m1./s1. The monoisotopic (exact) mass is 308 g/mol. The Morgan fingerprint density at radius 1 is 1.20 bits per heavy atom. The van der Waals surface area contributed by atoms with E-state index in [1.54, 1.807) is 0 Å². The zero-order valence-corrected chi connectivity index (χ0v) is 12.2. The molecular weight excluding hydrogens is 289 g/mol. The third kappa shape index (κ3) is 4.65. The van der Waals surface area contributed by atoms with Crippen LogP contribution in [0.5, 0.6) is 0 Å². The van der Waals surface area contributed by atoms with E-state index < -0.39 is 18.6 Å². The summed E-state index contributed by atoms with van der Waals surface area (Å²) < 4.78 is 38.5. The van der Waals surface area contributed by atoms with Crippen LogP contribution in [0.15, 0.2) is 24.3 Å². The van der Waals surface area contributed by atoms with Gasteiger partial charge in [-0.1, -0.05) is 24.3 Å². The van der Waals surface area contributed by atoms with E-state index in [-0.39, 0.29) is 12.4 Å². The molecule has 1 fully saturated rings. The highest BCUT2D eigenvalue weighted by Gasteiger charge is 2.36. The van der Waals surface area contributed by atoms with Crippen LogP contribution >= 0.6 is 12.4 Å². The van der Waals surface area contributed by atoms with E-state index in [1.165, 1.54) is 0 Å². The highest BCUT2D eigenvalue weighted by Crippen LogP contribution is 2.35. The number of alkyl halides is 3. The molecule has 0 amide bonds. The van der Waals surface area contributed by atoms with Crippen LogP contribution in [-0.4, -0.2) is 37.3 Å². The van der Waals surface area contributed by atoms with E-state index in [0.29, 0.717) is 13.1 Å². The second kappa shape index (κ2) is 7.29. The molecule has 1 N–H and O–H groups in total. The number of nitrogens with zero attached hydrogens (tertiary/aromatic N) is 1. The Morgan fingerprint density at radius 2 is 1.80 bits per heavy atom. The Hall–Kier alpha value is -0.780. The largest absolute Gasteiger partial charge is 0.390 e. The lowest BCUT2D eigenvalue weighted by atomic mass is 9.96. The molecule has 0 aliphatic carbocycles. The number of rotatable bonds is 3. The molecule has 0 saturated carbocycles. The molecule has 0 aromatic heterocycles. The van der Waals surface area contributed by atoms with Gasteiger partial charge in [-0.2, -0.15) is 13.2 Å². The summed E-state index contributed by atoms with van der Waals surface area (Å²) in [5.41, 5.74) is 1.72. The number of benzene rings is 1. The summed E-state index contributed by atoms with van der Waals surface area (Å²) in [7, 11) is 0. The smallest absolute Gasteiger partial charge is 0.314 e. The van der Waals surface area contributed by atoms with Crippen LogP contribution in [-0.2, 0) is 0 Å². The van der Waals surface area contributed by atoms with Gasteiger partial charge in [0.05, 0.1) is 6.42 Å². The van der Waals surface area contributed by atoms with E-state index in [9.17, 15) is 13.2 Å². The van der Waals surface area contributed by atoms with Gasteiger partial charge in [0.15, 0.2) is 0 Å². The molecule has 114 valence electrons. The van der Waals surface area contributed by atoms with Crippen LogP contribution in [0.4, 0.5) is 13.2 Å². The van der Waals surface area contributed by atoms with Crippen molar-refractivity contribution >= 4 is 12.4 Å². The van der Waals surface area contributed by atoms with Crippen molar-refractivity contribution in [1.29, 1.82) is 0 Å². The van der Waals surface area contributed by atoms with Gasteiger partial charge in [0, 0.05) is 32.2 Å². The molecule has 6 heteroatoms. The average molecular weight is 309 g/mol. The maximum Gasteiger partial charge on any atom is 0.390 e. The summed E-state index contributed by atoms with van der Waals surface area (Å²) in [6, 6.07) is 6.80. The molecule has 0 spiro atoms. The molecule has 0 bridgehead atoms. The molecule has 0 radical (unpaired) electrons. The maximum absolute atomic E-state index is 12.8. The molecule has 0 unspecified atom stereocenters. The molecule has 2 rings (SSSR count). The van der Waals surface area contributed by atoms with Crippen molar-refractivity contribution in [2.45, 2.75) is 25.6 Å². The van der Waals surface area contributed by atoms with Crippen LogP contribution in [0.1, 0.15) is 23.6 Å². The van der Waals surface area contributed by atoms with Gasteiger partial charge < -0.3 is 5.32 Å². The van der Waals surface area contributed by atoms with Gasteiger partial charge in [0.25, 0.3) is 0 Å². The van der Waals surface area contributed by atoms with E-state index >= 15 is 0 Å². The maximum atomic E-state index is 12.8. The minimum Gasteiger partial charge on any atom is -0.314 e. The summed E-state index contributed by atoms with van der Waals surface area (Å²) in [6.45, 7) is 4.70. The van der Waals surface area contributed by atoms with Gasteiger partial charge in [0.1, 0.15) is 0 Å². The molecule has 1 aromatic carbocycles. The Balaban J connectivity index is 0.00000200. The molecule has 1 aliphatic rings. The fourth-order valence-electron chi connectivity index (χ4n) is 2.61. The SMILES string of the molecule is Cc1ccccc1[C@@H](CC(F)(F)F)N1CCNCC1.Cl. The third-order valence-electron chi connectivity index (χ3n) is 3.56. The van der Waals surface area contributed by atoms with Crippen molar-refractivity contribution in [3.63, 3.8) is 0 Å². The molecule has 1 atom stereocenters. The van der Waals surface area contributed by atoms with E-state index in [4.69, 9.17) is 0 Å². The number of hydrogen-bond donors (Lipinski definition) is 1. The zero-order valence-electron chi connectivity index (χ0n) is 11.4. The molecule has 1 aliphatic heterocycles. The lowest BCUT2D eigenvalue weighted by Crippen LogP contribution is -2.46. The number of nitrogens with one attached hydrogen (secondary N) is 1. The minimum absolute atomic E-state index is 0. The van der Waals surface area contributed by atoms with Gasteiger partial charge >= 0.3 is 6.18 Å². The van der Waals surface area contributed by atoms with Crippen LogP contribution in [0.25, 0.3) is 0 Å². The van der Waals surface area contributed by atoms with Gasteiger partial charge in [-0.3, -0.25) is 4.90 Å². The van der Waals surface area contributed by atoms with Crippen molar-refractivity contribution in [3.8, 4) is 0 Å². The fraction of sp³-hybridized carbons (Fsp3) is 0.571. The van der Waals surface area contributed by atoms with Gasteiger partial charge in [-0.05, 0) is 18.1 Å². The topological polar surface area (TPSA) is 15.3 Å². The summed E-state index contributed by atoms with van der Waals surface area (Å²) >= 11 is 0. The van der Waals surface area contributed by atoms with Crippen molar-refractivity contribution in [3.05, 3.63) is 35.4 Å². The van der Waals surface area contributed by atoms with Crippen LogP contribution < -0.4 is 5.32 Å². The van der Waals surface area contributed by atoms with Crippen molar-refractivity contribution in [2.75, 3.05) is 26.2 Å². The first-order valence-electron chi connectivity index (χ1n) is 6.54. The van der Waals surface area contributed by atoms with Crippen molar-refractivity contribution in [1.82, 2.24) is 10.2 Å². The minimum atomic E-state index is -4.14. The van der Waals surface area contributed by atoms with E-state index in [2.05, 4.69) is 5.32 Å². The zero-order chi connectivity index (χ0) is 13.9. The average Bonchev–Trinajstić information content (AvgIpc) is 2.37. The molecule has 1 heterocycles. The molecule has 1 saturated heterocycles. The Morgan fingerprint density at radius 3 is 2.35 bits per heavy atom. The first kappa shape index (κ1) is 17.3. The number of piperazine rings is 1. The summed E-state index contributed by atoms with van der Waals surface area (Å²) in [5.74, 6) is 0. The van der Waals surface area contributed by atoms with Crippen molar-refractivity contribution < 1.29 is 13.2 Å². The predicted molar refractivity (Wildman–Crippen MR) is 76.3 cm³/mol. The number of aryl methyl sites for hydroxylation is 1. The Bertz CT molecular complexity index is 417. The Kier molecular flexibility index (Phi) is 6.30. The van der Waals surface area contributed by atoms with Gasteiger partial charge in [-0.15, -0.1) is 12.4 Å². The molecule has 1 aromatic rings. The first-order valence-corrected chi connectivity index (χ1v) is 6.54. The summed E-state index contributed by atoms with van der Waals surface area (Å²) in [4.78, 5) is 1.94. The second-order valence-electron chi connectivity index (χ2n) is 4.98. The predicted octanol–water partition coefficient (Wildman–Crippen LogP) is 3.32. The van der Waals surface area contributed by atoms with Crippen LogP contribution in [0.2, 0.25) is 0 Å². The lowest BCUT2D eigenvalue weighted by molar-refractivity contribution is -0.148. The number of halogens is 4. The molecular formula is C14H20ClF3N2. The third-order valence-corrected chi connectivity index (χ3v) is 3.56. The van der Waals surface area contributed by atoms with Crippen molar-refractivity contribution in [2.24, 2.45) is 0 Å². The van der Waals surface area contributed by atoms with E-state index in [0.717, 1.165) is 24.2 Å².